The summed E-state index contributed by atoms with van der Waals surface area (Å²) < 4.78 is 3.55. The molecule has 0 N–H and O–H groups in total. The highest BCUT2D eigenvalue weighted by molar-refractivity contribution is 6.18. The Balaban J connectivity index is 1.49. The minimum Gasteiger partial charge on any atom is -0.341 e. The monoisotopic (exact) mass is 419 g/mol. The first-order valence-electron chi connectivity index (χ1n) is 10.6. The van der Waals surface area contributed by atoms with Crippen LogP contribution < -0.4 is 9.80 Å². The number of carbonyl (C=O) groups excluding carboxylic acids is 2. The van der Waals surface area contributed by atoms with Gasteiger partial charge >= 0.3 is 0 Å². The molecule has 0 radical (unpaired) electrons. The van der Waals surface area contributed by atoms with Crippen molar-refractivity contribution in [2.75, 3.05) is 9.80 Å². The molecule has 5 heterocycles. The van der Waals surface area contributed by atoms with Gasteiger partial charge < -0.3 is 4.90 Å². The number of nitrogens with zero attached hydrogens (tertiary/aromatic N) is 9. The van der Waals surface area contributed by atoms with Gasteiger partial charge in [-0.15, -0.1) is 10.2 Å². The summed E-state index contributed by atoms with van der Waals surface area (Å²) in [6.07, 6.45) is 11.3. The quantitative estimate of drug-likeness (QED) is 0.587. The number of carbonyl (C=O) groups is 2. The van der Waals surface area contributed by atoms with Crippen LogP contribution in [0.1, 0.15) is 57.3 Å². The average Bonchev–Trinajstić information content (AvgIpc) is 3.47. The zero-order valence-electron chi connectivity index (χ0n) is 17.0. The molecule has 3 aromatic heterocycles. The SMILES string of the molecule is CC[C@@H]1c2nncn2-c2cnc(-n3ccnc3N3C(=O)CCC3=O)nc2N1C1CCC1. The number of amides is 2. The predicted octanol–water partition coefficient (Wildman–Crippen LogP) is 1.72. The van der Waals surface area contributed by atoms with E-state index in [1.807, 2.05) is 4.57 Å². The molecule has 31 heavy (non-hydrogen) atoms. The van der Waals surface area contributed by atoms with Gasteiger partial charge in [-0.3, -0.25) is 18.7 Å². The molecule has 1 saturated carbocycles. The van der Waals surface area contributed by atoms with Crippen molar-refractivity contribution in [3.63, 3.8) is 0 Å². The first-order valence-corrected chi connectivity index (χ1v) is 10.6. The second-order valence-corrected chi connectivity index (χ2v) is 8.07. The van der Waals surface area contributed by atoms with Crippen LogP contribution in [0.3, 0.4) is 0 Å². The minimum absolute atomic E-state index is 0.0760. The van der Waals surface area contributed by atoms with E-state index in [-0.39, 0.29) is 36.6 Å². The molecule has 11 heteroatoms. The van der Waals surface area contributed by atoms with Gasteiger partial charge in [0, 0.05) is 31.3 Å². The number of imidazole rings is 1. The van der Waals surface area contributed by atoms with Crippen LogP contribution in [0.15, 0.2) is 24.9 Å². The van der Waals surface area contributed by atoms with Gasteiger partial charge in [0.25, 0.3) is 0 Å². The van der Waals surface area contributed by atoms with E-state index in [1.165, 1.54) is 6.42 Å². The number of hydrogen-bond acceptors (Lipinski definition) is 8. The summed E-state index contributed by atoms with van der Waals surface area (Å²) in [4.78, 5) is 41.7. The highest BCUT2D eigenvalue weighted by atomic mass is 16.2. The Bertz CT molecular complexity index is 1180. The molecule has 0 bridgehead atoms. The third kappa shape index (κ3) is 2.55. The van der Waals surface area contributed by atoms with Gasteiger partial charge in [-0.05, 0) is 25.7 Å². The molecule has 0 spiro atoms. The molecule has 0 aromatic carbocycles. The van der Waals surface area contributed by atoms with E-state index in [0.717, 1.165) is 41.5 Å². The Kier molecular flexibility index (Phi) is 3.92. The number of anilines is 2. The van der Waals surface area contributed by atoms with E-state index < -0.39 is 0 Å². The molecular formula is C20H21N9O2. The first-order chi connectivity index (χ1) is 15.2. The molecule has 158 valence electrons. The molecule has 6 rings (SSSR count). The van der Waals surface area contributed by atoms with Gasteiger partial charge in [-0.25, -0.2) is 14.9 Å². The van der Waals surface area contributed by atoms with Crippen molar-refractivity contribution < 1.29 is 9.59 Å². The number of fused-ring (bicyclic) bond motifs is 3. The van der Waals surface area contributed by atoms with E-state index in [1.54, 1.807) is 29.5 Å². The highest BCUT2D eigenvalue weighted by Gasteiger charge is 2.40. The fourth-order valence-electron chi connectivity index (χ4n) is 4.65. The van der Waals surface area contributed by atoms with E-state index in [0.29, 0.717) is 12.0 Å². The lowest BCUT2D eigenvalue weighted by molar-refractivity contribution is -0.121. The number of aromatic nitrogens is 7. The summed E-state index contributed by atoms with van der Waals surface area (Å²) in [5.41, 5.74) is 0.829. The third-order valence-corrected chi connectivity index (χ3v) is 6.39. The van der Waals surface area contributed by atoms with Crippen molar-refractivity contribution in [1.82, 2.24) is 34.3 Å². The van der Waals surface area contributed by atoms with Crippen molar-refractivity contribution in [1.29, 1.82) is 0 Å². The fraction of sp³-hybridized carbons (Fsp3) is 0.450. The van der Waals surface area contributed by atoms with E-state index in [2.05, 4.69) is 32.0 Å². The maximum absolute atomic E-state index is 12.3. The fourth-order valence-corrected chi connectivity index (χ4v) is 4.65. The van der Waals surface area contributed by atoms with Crippen molar-refractivity contribution in [3.8, 4) is 11.6 Å². The van der Waals surface area contributed by atoms with E-state index in [9.17, 15) is 9.59 Å². The first kappa shape index (κ1) is 18.2. The van der Waals surface area contributed by atoms with E-state index in [4.69, 9.17) is 4.98 Å². The third-order valence-electron chi connectivity index (χ3n) is 6.39. The van der Waals surface area contributed by atoms with Gasteiger partial charge in [0.05, 0.1) is 12.2 Å². The molecule has 1 aliphatic carbocycles. The van der Waals surface area contributed by atoms with Crippen molar-refractivity contribution in [2.45, 2.75) is 57.5 Å². The molecule has 11 nitrogen and oxygen atoms in total. The van der Waals surface area contributed by atoms with Crippen LogP contribution in [0, 0.1) is 0 Å². The zero-order valence-corrected chi connectivity index (χ0v) is 17.0. The number of rotatable bonds is 4. The van der Waals surface area contributed by atoms with E-state index >= 15 is 0 Å². The predicted molar refractivity (Wildman–Crippen MR) is 109 cm³/mol. The van der Waals surface area contributed by atoms with Crippen LogP contribution in [-0.4, -0.2) is 52.1 Å². The number of imide groups is 1. The van der Waals surface area contributed by atoms with Crippen LogP contribution in [0.5, 0.6) is 0 Å². The van der Waals surface area contributed by atoms with Gasteiger partial charge in [-0.1, -0.05) is 6.92 Å². The highest BCUT2D eigenvalue weighted by Crippen LogP contribution is 2.43. The normalized spacial score (nSPS) is 20.7. The van der Waals surface area contributed by atoms with Crippen molar-refractivity contribution in [3.05, 3.63) is 30.7 Å². The lowest BCUT2D eigenvalue weighted by Gasteiger charge is -2.45. The summed E-state index contributed by atoms with van der Waals surface area (Å²) in [7, 11) is 0. The molecule has 0 unspecified atom stereocenters. The minimum atomic E-state index is -0.258. The second kappa shape index (κ2) is 6.69. The lowest BCUT2D eigenvalue weighted by atomic mass is 9.89. The molecule has 2 amide bonds. The summed E-state index contributed by atoms with van der Waals surface area (Å²) >= 11 is 0. The van der Waals surface area contributed by atoms with Crippen LogP contribution >= 0.6 is 0 Å². The summed E-state index contributed by atoms with van der Waals surface area (Å²) in [6.45, 7) is 2.14. The second-order valence-electron chi connectivity index (χ2n) is 8.07. The largest absolute Gasteiger partial charge is 0.341 e. The standard InChI is InChI=1S/C20H21N9O2/c1-2-13-18-25-23-11-27(18)14-10-22-19(24-17(14)28(13)12-4-3-5-12)26-9-8-21-20(26)29-15(30)6-7-16(29)31/h8-13H,2-7H2,1H3/t13-/m1/s1. The Hall–Kier alpha value is -3.63. The Labute approximate surface area is 177 Å². The average molecular weight is 419 g/mol. The van der Waals surface area contributed by atoms with Crippen LogP contribution in [0.25, 0.3) is 11.6 Å². The molecule has 1 atom stereocenters. The summed E-state index contributed by atoms with van der Waals surface area (Å²) in [6, 6.07) is 0.466. The van der Waals surface area contributed by atoms with Crippen LogP contribution in [0.2, 0.25) is 0 Å². The smallest absolute Gasteiger partial charge is 0.238 e. The Morgan fingerprint density at radius 2 is 1.90 bits per heavy atom. The topological polar surface area (TPSA) is 115 Å². The van der Waals surface area contributed by atoms with Gasteiger partial charge in [-0.2, -0.15) is 4.98 Å². The van der Waals surface area contributed by atoms with Gasteiger partial charge in [0.1, 0.15) is 12.0 Å². The molecule has 3 aliphatic rings. The molecule has 3 aromatic rings. The number of hydrogen-bond donors (Lipinski definition) is 0. The Morgan fingerprint density at radius 1 is 1.10 bits per heavy atom. The molecule has 2 fully saturated rings. The Morgan fingerprint density at radius 3 is 2.61 bits per heavy atom. The van der Waals surface area contributed by atoms with Crippen LogP contribution in [-0.2, 0) is 9.59 Å². The molecule has 1 saturated heterocycles. The lowest BCUT2D eigenvalue weighted by Crippen LogP contribution is -2.46. The summed E-state index contributed by atoms with van der Waals surface area (Å²) in [5, 5.41) is 8.50. The van der Waals surface area contributed by atoms with Crippen molar-refractivity contribution >= 4 is 23.6 Å². The maximum Gasteiger partial charge on any atom is 0.238 e. The maximum atomic E-state index is 12.3. The molecule has 2 aliphatic heterocycles. The summed E-state index contributed by atoms with van der Waals surface area (Å²) in [5.74, 6) is 1.80. The van der Waals surface area contributed by atoms with Gasteiger partial charge in [0.15, 0.2) is 11.6 Å². The van der Waals surface area contributed by atoms with Crippen LogP contribution in [0.4, 0.5) is 11.8 Å². The van der Waals surface area contributed by atoms with Gasteiger partial charge in [0.2, 0.25) is 23.7 Å². The molecular weight excluding hydrogens is 398 g/mol. The zero-order chi connectivity index (χ0) is 21.1. The van der Waals surface area contributed by atoms with Crippen molar-refractivity contribution in [2.24, 2.45) is 0 Å².